The summed E-state index contributed by atoms with van der Waals surface area (Å²) in [7, 11) is 0. The predicted molar refractivity (Wildman–Crippen MR) is 101 cm³/mol. The van der Waals surface area contributed by atoms with Gasteiger partial charge >= 0.3 is 0 Å². The maximum atomic E-state index is 6.15. The summed E-state index contributed by atoms with van der Waals surface area (Å²) in [4.78, 5) is 0. The van der Waals surface area contributed by atoms with E-state index >= 15 is 0 Å². The Balaban J connectivity index is 2.30. The lowest BCUT2D eigenvalue weighted by molar-refractivity contribution is 0.552. The van der Waals surface area contributed by atoms with Crippen LogP contribution in [0.4, 0.5) is 0 Å². The van der Waals surface area contributed by atoms with E-state index < -0.39 is 0 Å². The lowest BCUT2D eigenvalue weighted by Gasteiger charge is -2.37. The number of hydrogen-bond acceptors (Lipinski definition) is 2. The SMILES string of the molecule is NC(S)CC(c1ccccc1)(c1ccccc1)c1ccccc1. The zero-order chi connectivity index (χ0) is 16.1. The van der Waals surface area contributed by atoms with Gasteiger partial charge in [-0.05, 0) is 23.1 Å². The van der Waals surface area contributed by atoms with Crippen molar-refractivity contribution in [1.29, 1.82) is 0 Å². The van der Waals surface area contributed by atoms with Crippen LogP contribution < -0.4 is 5.73 Å². The molecule has 0 saturated carbocycles. The number of nitrogens with two attached hydrogens (primary N) is 1. The van der Waals surface area contributed by atoms with Gasteiger partial charge in [-0.25, -0.2) is 0 Å². The Morgan fingerprint density at radius 3 is 1.22 bits per heavy atom. The average molecular weight is 319 g/mol. The van der Waals surface area contributed by atoms with Gasteiger partial charge in [0.15, 0.2) is 0 Å². The van der Waals surface area contributed by atoms with E-state index in [2.05, 4.69) is 85.4 Å². The Morgan fingerprint density at radius 1 is 0.652 bits per heavy atom. The summed E-state index contributed by atoms with van der Waals surface area (Å²) < 4.78 is 0. The van der Waals surface area contributed by atoms with E-state index in [4.69, 9.17) is 5.73 Å². The Bertz CT molecular complexity index is 627. The lowest BCUT2D eigenvalue weighted by Crippen LogP contribution is -2.35. The molecule has 3 rings (SSSR count). The predicted octanol–water partition coefficient (Wildman–Crippen LogP) is 4.63. The molecule has 1 nitrogen and oxygen atoms in total. The molecule has 1 unspecified atom stereocenters. The fraction of sp³-hybridized carbons (Fsp3) is 0.143. The van der Waals surface area contributed by atoms with Crippen molar-refractivity contribution in [2.24, 2.45) is 5.73 Å². The second-order valence-corrected chi connectivity index (χ2v) is 6.44. The first kappa shape index (κ1) is 15.9. The Hall–Kier alpha value is -2.03. The molecule has 0 bridgehead atoms. The van der Waals surface area contributed by atoms with Crippen LogP contribution in [0.5, 0.6) is 0 Å². The standard InChI is InChI=1S/C21H21NS/c22-20(23)16-21(17-10-4-1-5-11-17,18-12-6-2-7-13-18)19-14-8-3-9-15-19/h1-15,20,23H,16,22H2. The smallest absolute Gasteiger partial charge is 0.0492 e. The molecule has 3 aromatic rings. The minimum atomic E-state index is -0.301. The zero-order valence-electron chi connectivity index (χ0n) is 13.0. The van der Waals surface area contributed by atoms with Gasteiger partial charge in [0.25, 0.3) is 0 Å². The number of rotatable bonds is 5. The van der Waals surface area contributed by atoms with Crippen LogP contribution in [0.15, 0.2) is 91.0 Å². The summed E-state index contributed by atoms with van der Waals surface area (Å²) >= 11 is 4.52. The summed E-state index contributed by atoms with van der Waals surface area (Å²) in [6.07, 6.45) is 0.730. The zero-order valence-corrected chi connectivity index (χ0v) is 13.9. The highest BCUT2D eigenvalue weighted by Crippen LogP contribution is 2.43. The van der Waals surface area contributed by atoms with E-state index in [1.54, 1.807) is 0 Å². The topological polar surface area (TPSA) is 26.0 Å². The molecule has 0 aliphatic carbocycles. The first-order valence-corrected chi connectivity index (χ1v) is 8.35. The van der Waals surface area contributed by atoms with Gasteiger partial charge in [-0.2, -0.15) is 12.6 Å². The molecule has 3 aromatic carbocycles. The van der Waals surface area contributed by atoms with Gasteiger partial charge in [0, 0.05) is 10.8 Å². The lowest BCUT2D eigenvalue weighted by atomic mass is 9.67. The summed E-state index contributed by atoms with van der Waals surface area (Å²) in [5.41, 5.74) is 9.57. The second-order valence-electron chi connectivity index (χ2n) is 5.77. The maximum Gasteiger partial charge on any atom is 0.0492 e. The van der Waals surface area contributed by atoms with Gasteiger partial charge in [0.1, 0.15) is 0 Å². The van der Waals surface area contributed by atoms with Gasteiger partial charge in [0.05, 0.1) is 0 Å². The fourth-order valence-corrected chi connectivity index (χ4v) is 3.61. The molecule has 116 valence electrons. The molecule has 2 heteroatoms. The van der Waals surface area contributed by atoms with Crippen molar-refractivity contribution in [2.45, 2.75) is 17.2 Å². The molecule has 23 heavy (non-hydrogen) atoms. The molecular weight excluding hydrogens is 298 g/mol. The summed E-state index contributed by atoms with van der Waals surface area (Å²) in [5.74, 6) is 0. The number of hydrogen-bond donors (Lipinski definition) is 2. The Kier molecular flexibility index (Phi) is 4.85. The molecule has 0 aliphatic heterocycles. The summed E-state index contributed by atoms with van der Waals surface area (Å²) in [6.45, 7) is 0. The van der Waals surface area contributed by atoms with Crippen LogP contribution in [0, 0.1) is 0 Å². The first-order chi connectivity index (χ1) is 11.2. The van der Waals surface area contributed by atoms with Gasteiger partial charge in [0.2, 0.25) is 0 Å². The van der Waals surface area contributed by atoms with E-state index in [1.165, 1.54) is 16.7 Å². The molecular formula is C21H21NS. The van der Waals surface area contributed by atoms with Crippen LogP contribution in [0.25, 0.3) is 0 Å². The molecule has 0 aromatic heterocycles. The van der Waals surface area contributed by atoms with Crippen LogP contribution in [0.1, 0.15) is 23.1 Å². The van der Waals surface area contributed by atoms with Crippen LogP contribution in [0.2, 0.25) is 0 Å². The van der Waals surface area contributed by atoms with Crippen LogP contribution in [-0.4, -0.2) is 5.37 Å². The minimum Gasteiger partial charge on any atom is -0.320 e. The summed E-state index contributed by atoms with van der Waals surface area (Å²) in [5, 5.41) is -0.212. The quantitative estimate of drug-likeness (QED) is 0.400. The second kappa shape index (κ2) is 7.03. The molecule has 0 amide bonds. The van der Waals surface area contributed by atoms with Crippen molar-refractivity contribution in [3.8, 4) is 0 Å². The van der Waals surface area contributed by atoms with Gasteiger partial charge in [-0.3, -0.25) is 0 Å². The highest BCUT2D eigenvalue weighted by Gasteiger charge is 2.36. The average Bonchev–Trinajstić information content (AvgIpc) is 2.62. The third kappa shape index (κ3) is 3.19. The number of thiol groups is 1. The van der Waals surface area contributed by atoms with Crippen molar-refractivity contribution in [1.82, 2.24) is 0 Å². The third-order valence-electron chi connectivity index (χ3n) is 4.32. The molecule has 0 saturated heterocycles. The normalized spacial score (nSPS) is 12.8. The van der Waals surface area contributed by atoms with Crippen LogP contribution in [0.3, 0.4) is 0 Å². The van der Waals surface area contributed by atoms with Crippen molar-refractivity contribution >= 4 is 12.6 Å². The molecule has 0 spiro atoms. The molecule has 0 aliphatic rings. The number of benzene rings is 3. The van der Waals surface area contributed by atoms with Crippen molar-refractivity contribution in [3.05, 3.63) is 108 Å². The Labute approximate surface area is 143 Å². The molecule has 0 radical (unpaired) electrons. The van der Waals surface area contributed by atoms with Gasteiger partial charge in [-0.15, -0.1) is 0 Å². The third-order valence-corrected chi connectivity index (χ3v) is 4.50. The maximum absolute atomic E-state index is 6.15. The molecule has 1 atom stereocenters. The van der Waals surface area contributed by atoms with Crippen LogP contribution >= 0.6 is 12.6 Å². The van der Waals surface area contributed by atoms with E-state index in [9.17, 15) is 0 Å². The minimum absolute atomic E-state index is 0.212. The fourth-order valence-electron chi connectivity index (χ4n) is 3.34. The molecule has 0 heterocycles. The van der Waals surface area contributed by atoms with E-state index in [-0.39, 0.29) is 10.8 Å². The molecule has 0 fully saturated rings. The highest BCUT2D eigenvalue weighted by molar-refractivity contribution is 7.80. The first-order valence-electron chi connectivity index (χ1n) is 7.84. The van der Waals surface area contributed by atoms with Crippen molar-refractivity contribution in [2.75, 3.05) is 0 Å². The van der Waals surface area contributed by atoms with Gasteiger partial charge < -0.3 is 5.73 Å². The monoisotopic (exact) mass is 319 g/mol. The van der Waals surface area contributed by atoms with E-state index in [1.807, 2.05) is 18.2 Å². The van der Waals surface area contributed by atoms with Crippen molar-refractivity contribution < 1.29 is 0 Å². The van der Waals surface area contributed by atoms with E-state index in [0.717, 1.165) is 6.42 Å². The Morgan fingerprint density at radius 2 is 0.957 bits per heavy atom. The largest absolute Gasteiger partial charge is 0.320 e. The summed E-state index contributed by atoms with van der Waals surface area (Å²) in [6, 6.07) is 31.7. The van der Waals surface area contributed by atoms with Crippen LogP contribution in [-0.2, 0) is 5.41 Å². The van der Waals surface area contributed by atoms with Crippen molar-refractivity contribution in [3.63, 3.8) is 0 Å². The highest BCUT2D eigenvalue weighted by atomic mass is 32.1. The van der Waals surface area contributed by atoms with Gasteiger partial charge in [-0.1, -0.05) is 91.0 Å². The molecule has 2 N–H and O–H groups in total. The van der Waals surface area contributed by atoms with E-state index in [0.29, 0.717) is 0 Å².